The Hall–Kier alpha value is -3.31. The third-order valence-corrected chi connectivity index (χ3v) is 5.87. The molecule has 0 amide bonds. The first-order chi connectivity index (χ1) is 15.9. The Labute approximate surface area is 195 Å². The highest BCUT2D eigenvalue weighted by molar-refractivity contribution is 5.75. The number of ether oxygens (including phenoxy) is 2. The molecule has 0 aliphatic carbocycles. The van der Waals surface area contributed by atoms with Gasteiger partial charge in [-0.2, -0.15) is 0 Å². The minimum Gasteiger partial charge on any atom is -0.491 e. The van der Waals surface area contributed by atoms with Crippen LogP contribution in [0.25, 0.3) is 11.0 Å². The van der Waals surface area contributed by atoms with E-state index < -0.39 is 6.10 Å². The van der Waals surface area contributed by atoms with E-state index in [0.717, 1.165) is 39.5 Å². The van der Waals surface area contributed by atoms with Crippen LogP contribution < -0.4 is 9.47 Å². The summed E-state index contributed by atoms with van der Waals surface area (Å²) in [4.78, 5) is 4.77. The Balaban J connectivity index is 1.48. The Morgan fingerprint density at radius 3 is 2.27 bits per heavy atom. The molecule has 0 saturated heterocycles. The van der Waals surface area contributed by atoms with Crippen LogP contribution in [-0.4, -0.2) is 27.4 Å². The van der Waals surface area contributed by atoms with Crippen LogP contribution in [-0.2, 0) is 13.2 Å². The number of benzene rings is 3. The van der Waals surface area contributed by atoms with Gasteiger partial charge in [-0.05, 0) is 60.7 Å². The van der Waals surface area contributed by atoms with Crippen molar-refractivity contribution in [3.8, 4) is 11.5 Å². The van der Waals surface area contributed by atoms with E-state index in [9.17, 15) is 5.11 Å². The van der Waals surface area contributed by atoms with Crippen molar-refractivity contribution in [3.05, 3.63) is 89.2 Å². The summed E-state index contributed by atoms with van der Waals surface area (Å²) >= 11 is 0. The predicted molar refractivity (Wildman–Crippen MR) is 132 cm³/mol. The van der Waals surface area contributed by atoms with Crippen LogP contribution in [0.15, 0.2) is 66.7 Å². The predicted octanol–water partition coefficient (Wildman–Crippen LogP) is 5.80. The number of fused-ring (bicyclic) bond motifs is 1. The molecule has 4 aromatic rings. The number of hydrogen-bond donors (Lipinski definition) is 1. The van der Waals surface area contributed by atoms with Gasteiger partial charge in [-0.1, -0.05) is 56.3 Å². The second-order valence-electron chi connectivity index (χ2n) is 8.83. The number of aliphatic hydroxyl groups is 1. The van der Waals surface area contributed by atoms with E-state index in [2.05, 4.69) is 26.0 Å². The van der Waals surface area contributed by atoms with Gasteiger partial charge in [0.15, 0.2) is 0 Å². The molecular weight excluding hydrogens is 412 g/mol. The van der Waals surface area contributed by atoms with Crippen molar-refractivity contribution in [1.82, 2.24) is 9.55 Å². The Kier molecular flexibility index (Phi) is 6.99. The van der Waals surface area contributed by atoms with Gasteiger partial charge in [-0.25, -0.2) is 4.98 Å². The highest BCUT2D eigenvalue weighted by Gasteiger charge is 2.16. The maximum Gasteiger partial charge on any atom is 0.148 e. The molecule has 3 aromatic carbocycles. The molecule has 1 aromatic heterocycles. The molecule has 4 rings (SSSR count). The maximum absolute atomic E-state index is 10.8. The maximum atomic E-state index is 10.8. The highest BCUT2D eigenvalue weighted by Crippen LogP contribution is 2.25. The van der Waals surface area contributed by atoms with Crippen LogP contribution in [0.3, 0.4) is 0 Å². The fraction of sp³-hybridized carbons (Fsp3) is 0.321. The number of rotatable bonds is 9. The molecule has 1 unspecified atom stereocenters. The van der Waals surface area contributed by atoms with Crippen molar-refractivity contribution in [2.75, 3.05) is 6.61 Å². The van der Waals surface area contributed by atoms with Gasteiger partial charge in [-0.15, -0.1) is 0 Å². The molecular formula is C28H32N2O3. The molecule has 0 radical (unpaired) electrons. The van der Waals surface area contributed by atoms with Crippen molar-refractivity contribution in [2.45, 2.75) is 52.9 Å². The summed E-state index contributed by atoms with van der Waals surface area (Å²) in [6, 6.07) is 22.1. The van der Waals surface area contributed by atoms with Gasteiger partial charge in [0.1, 0.15) is 36.6 Å². The summed E-state index contributed by atoms with van der Waals surface area (Å²) in [6.45, 7) is 9.30. The highest BCUT2D eigenvalue weighted by atomic mass is 16.5. The minimum atomic E-state index is -0.689. The van der Waals surface area contributed by atoms with Crippen molar-refractivity contribution in [2.24, 2.45) is 0 Å². The molecule has 0 bridgehead atoms. The van der Waals surface area contributed by atoms with Gasteiger partial charge in [0.25, 0.3) is 0 Å². The van der Waals surface area contributed by atoms with Gasteiger partial charge in [0.05, 0.1) is 17.6 Å². The van der Waals surface area contributed by atoms with E-state index in [0.29, 0.717) is 19.1 Å². The van der Waals surface area contributed by atoms with E-state index in [1.54, 1.807) is 0 Å². The first-order valence-electron chi connectivity index (χ1n) is 11.5. The van der Waals surface area contributed by atoms with E-state index >= 15 is 0 Å². The van der Waals surface area contributed by atoms with E-state index in [1.165, 1.54) is 5.56 Å². The SMILES string of the molecule is Cc1cccc(C)c1OCc1nc2ccccc2n1CC(O)COc1ccc(C(C)C)cc1. The summed E-state index contributed by atoms with van der Waals surface area (Å²) in [5, 5.41) is 10.8. The average molecular weight is 445 g/mol. The monoisotopic (exact) mass is 444 g/mol. The Morgan fingerprint density at radius 2 is 1.58 bits per heavy atom. The molecule has 0 saturated carbocycles. The average Bonchev–Trinajstić information content (AvgIpc) is 3.15. The van der Waals surface area contributed by atoms with E-state index in [1.807, 2.05) is 73.0 Å². The summed E-state index contributed by atoms with van der Waals surface area (Å²) in [5.41, 5.74) is 5.30. The molecule has 0 aliphatic heterocycles. The number of para-hydroxylation sites is 3. The van der Waals surface area contributed by atoms with Crippen molar-refractivity contribution < 1.29 is 14.6 Å². The van der Waals surface area contributed by atoms with Crippen LogP contribution in [0.1, 0.15) is 42.3 Å². The second kappa shape index (κ2) is 10.1. The van der Waals surface area contributed by atoms with Crippen LogP contribution in [0.5, 0.6) is 11.5 Å². The second-order valence-corrected chi connectivity index (χ2v) is 8.83. The summed E-state index contributed by atoms with van der Waals surface area (Å²) in [7, 11) is 0. The van der Waals surface area contributed by atoms with Gasteiger partial charge in [0.2, 0.25) is 0 Å². The Morgan fingerprint density at radius 1 is 0.879 bits per heavy atom. The lowest BCUT2D eigenvalue weighted by Crippen LogP contribution is -2.25. The summed E-state index contributed by atoms with van der Waals surface area (Å²) in [5.74, 6) is 2.89. The molecule has 1 atom stereocenters. The number of nitrogens with zero attached hydrogens (tertiary/aromatic N) is 2. The molecule has 5 heteroatoms. The van der Waals surface area contributed by atoms with Crippen LogP contribution in [0, 0.1) is 13.8 Å². The summed E-state index contributed by atoms with van der Waals surface area (Å²) < 4.78 is 14.0. The van der Waals surface area contributed by atoms with E-state index in [-0.39, 0.29) is 6.61 Å². The van der Waals surface area contributed by atoms with Gasteiger partial charge < -0.3 is 19.1 Å². The van der Waals surface area contributed by atoms with Crippen LogP contribution in [0.4, 0.5) is 0 Å². The van der Waals surface area contributed by atoms with E-state index in [4.69, 9.17) is 14.5 Å². The fourth-order valence-electron chi connectivity index (χ4n) is 4.01. The number of aryl methyl sites for hydroxylation is 2. The zero-order valence-electron chi connectivity index (χ0n) is 19.8. The lowest BCUT2D eigenvalue weighted by Gasteiger charge is -2.17. The molecule has 0 spiro atoms. The zero-order chi connectivity index (χ0) is 23.4. The zero-order valence-corrected chi connectivity index (χ0v) is 19.8. The number of hydrogen-bond acceptors (Lipinski definition) is 4. The molecule has 1 N–H and O–H groups in total. The minimum absolute atomic E-state index is 0.199. The topological polar surface area (TPSA) is 56.5 Å². The van der Waals surface area contributed by atoms with Gasteiger partial charge >= 0.3 is 0 Å². The molecule has 33 heavy (non-hydrogen) atoms. The smallest absolute Gasteiger partial charge is 0.148 e. The number of aliphatic hydroxyl groups excluding tert-OH is 1. The molecule has 1 heterocycles. The molecule has 5 nitrogen and oxygen atoms in total. The van der Waals surface area contributed by atoms with Crippen molar-refractivity contribution in [3.63, 3.8) is 0 Å². The fourth-order valence-corrected chi connectivity index (χ4v) is 4.01. The van der Waals surface area contributed by atoms with Crippen molar-refractivity contribution >= 4 is 11.0 Å². The van der Waals surface area contributed by atoms with Gasteiger partial charge in [0, 0.05) is 0 Å². The van der Waals surface area contributed by atoms with Crippen LogP contribution >= 0.6 is 0 Å². The largest absolute Gasteiger partial charge is 0.491 e. The van der Waals surface area contributed by atoms with Gasteiger partial charge in [-0.3, -0.25) is 0 Å². The third-order valence-electron chi connectivity index (χ3n) is 5.87. The standard InChI is InChI=1S/C28H32N2O3/c1-19(2)22-12-14-24(15-13-22)32-17-23(31)16-30-26-11-6-5-10-25(26)29-27(30)18-33-28-20(3)8-7-9-21(28)4/h5-15,19,23,31H,16-18H2,1-4H3. The first-order valence-corrected chi connectivity index (χ1v) is 11.5. The number of imidazole rings is 1. The lowest BCUT2D eigenvalue weighted by molar-refractivity contribution is 0.0917. The van der Waals surface area contributed by atoms with Crippen molar-refractivity contribution in [1.29, 1.82) is 0 Å². The summed E-state index contributed by atoms with van der Waals surface area (Å²) in [6.07, 6.45) is -0.689. The number of aromatic nitrogens is 2. The first kappa shape index (κ1) is 22.9. The lowest BCUT2D eigenvalue weighted by atomic mass is 10.0. The quantitative estimate of drug-likeness (QED) is 0.355. The third kappa shape index (κ3) is 5.37. The molecule has 0 aliphatic rings. The van der Waals surface area contributed by atoms with Crippen LogP contribution in [0.2, 0.25) is 0 Å². The molecule has 0 fully saturated rings. The Bertz CT molecular complexity index is 1190. The molecule has 172 valence electrons. The normalized spacial score (nSPS) is 12.3.